The van der Waals surface area contributed by atoms with Crippen molar-refractivity contribution >= 4 is 27.7 Å². The van der Waals surface area contributed by atoms with Gasteiger partial charge in [-0.25, -0.2) is 0 Å². The van der Waals surface area contributed by atoms with Gasteiger partial charge in [0.1, 0.15) is 0 Å². The fourth-order valence-corrected chi connectivity index (χ4v) is 1.31. The molecule has 0 unspecified atom stereocenters. The van der Waals surface area contributed by atoms with E-state index >= 15 is 0 Å². The zero-order chi connectivity index (χ0) is 12.8. The second-order valence-electron chi connectivity index (χ2n) is 3.44. The Balaban J connectivity index is 2.31. The van der Waals surface area contributed by atoms with Gasteiger partial charge >= 0.3 is 0 Å². The van der Waals surface area contributed by atoms with Crippen LogP contribution < -0.4 is 10.6 Å². The monoisotopic (exact) mass is 304 g/mol. The Hall–Kier alpha value is -1.34. The molecule has 0 spiro atoms. The van der Waals surface area contributed by atoms with Gasteiger partial charge in [-0.1, -0.05) is 0 Å². The van der Waals surface area contributed by atoms with E-state index in [4.69, 9.17) is 9.52 Å². The summed E-state index contributed by atoms with van der Waals surface area (Å²) < 4.78 is 5.45. The molecule has 0 aliphatic carbocycles. The minimum absolute atomic E-state index is 0.125. The summed E-state index contributed by atoms with van der Waals surface area (Å²) in [5.74, 6) is -0.715. The van der Waals surface area contributed by atoms with Crippen LogP contribution in [0.4, 0.5) is 0 Å². The molecule has 1 atom stereocenters. The van der Waals surface area contributed by atoms with Crippen LogP contribution in [-0.2, 0) is 4.79 Å². The predicted octanol–water partition coefficient (Wildman–Crippen LogP) is 0.269. The number of carbonyl (C=O) groups excluding carboxylic acids is 2. The molecular formula is C10H13BrN2O4. The molecule has 1 rings (SSSR count). The first-order valence-corrected chi connectivity index (χ1v) is 5.76. The van der Waals surface area contributed by atoms with Crippen LogP contribution in [0.25, 0.3) is 0 Å². The summed E-state index contributed by atoms with van der Waals surface area (Å²) in [6, 6.07) is 3.08. The molecule has 1 heterocycles. The number of hydrogen-bond acceptors (Lipinski definition) is 4. The Bertz CT molecular complexity index is 403. The van der Waals surface area contributed by atoms with Gasteiger partial charge in [-0.2, -0.15) is 0 Å². The first-order valence-electron chi connectivity index (χ1n) is 4.97. The first kappa shape index (κ1) is 13.7. The Morgan fingerprint density at radius 1 is 1.47 bits per heavy atom. The number of amides is 2. The molecule has 0 saturated carbocycles. The van der Waals surface area contributed by atoms with Gasteiger partial charge in [-0.15, -0.1) is 0 Å². The third-order valence-corrected chi connectivity index (χ3v) is 2.23. The van der Waals surface area contributed by atoms with Crippen molar-refractivity contribution in [1.82, 2.24) is 10.6 Å². The average Bonchev–Trinajstić information content (AvgIpc) is 2.70. The summed E-state index contributed by atoms with van der Waals surface area (Å²) in [7, 11) is 0. The number of halogens is 1. The molecule has 0 saturated heterocycles. The maximum Gasteiger partial charge on any atom is 0.287 e. The maximum atomic E-state index is 11.4. The van der Waals surface area contributed by atoms with Gasteiger partial charge < -0.3 is 20.2 Å². The van der Waals surface area contributed by atoms with Crippen LogP contribution >= 0.6 is 15.9 Å². The molecule has 6 nitrogen and oxygen atoms in total. The highest BCUT2D eigenvalue weighted by Gasteiger charge is 2.11. The average molecular weight is 305 g/mol. The molecule has 94 valence electrons. The zero-order valence-electron chi connectivity index (χ0n) is 9.20. The molecular weight excluding hydrogens is 292 g/mol. The van der Waals surface area contributed by atoms with Crippen molar-refractivity contribution in [3.63, 3.8) is 0 Å². The number of furan rings is 1. The van der Waals surface area contributed by atoms with E-state index < -0.39 is 12.0 Å². The van der Waals surface area contributed by atoms with Crippen LogP contribution in [0.5, 0.6) is 0 Å². The molecule has 2 amide bonds. The fraction of sp³-hybridized carbons (Fsp3) is 0.400. The van der Waals surface area contributed by atoms with E-state index in [2.05, 4.69) is 26.6 Å². The van der Waals surface area contributed by atoms with Gasteiger partial charge in [0.05, 0.1) is 12.6 Å². The van der Waals surface area contributed by atoms with E-state index in [0.29, 0.717) is 4.67 Å². The number of rotatable bonds is 5. The normalized spacial score (nSPS) is 11.9. The lowest BCUT2D eigenvalue weighted by atomic mass is 10.4. The molecule has 7 heteroatoms. The van der Waals surface area contributed by atoms with Crippen molar-refractivity contribution in [2.45, 2.75) is 13.0 Å². The van der Waals surface area contributed by atoms with Crippen molar-refractivity contribution in [1.29, 1.82) is 0 Å². The van der Waals surface area contributed by atoms with Gasteiger partial charge in [0.15, 0.2) is 10.4 Å². The van der Waals surface area contributed by atoms with E-state index in [1.807, 2.05) is 0 Å². The third kappa shape index (κ3) is 5.01. The van der Waals surface area contributed by atoms with E-state index in [1.54, 1.807) is 13.0 Å². The molecule has 1 aromatic rings. The fourth-order valence-electron chi connectivity index (χ4n) is 1.01. The molecule has 1 aromatic heterocycles. The van der Waals surface area contributed by atoms with Crippen LogP contribution in [0, 0.1) is 0 Å². The van der Waals surface area contributed by atoms with E-state index in [1.165, 1.54) is 6.07 Å². The Morgan fingerprint density at radius 2 is 2.18 bits per heavy atom. The highest BCUT2D eigenvalue weighted by Crippen LogP contribution is 2.13. The Labute approximate surface area is 106 Å². The molecule has 0 bridgehead atoms. The van der Waals surface area contributed by atoms with Crippen LogP contribution in [-0.4, -0.2) is 36.1 Å². The second kappa shape index (κ2) is 6.41. The standard InChI is InChI=1S/C10H13BrN2O4/c1-6(14)4-12-9(15)5-13-10(16)7-2-3-8(11)17-7/h2-3,6,14H,4-5H2,1H3,(H,12,15)(H,13,16)/t6-/m1/s1. The number of aliphatic hydroxyl groups is 1. The summed E-state index contributed by atoms with van der Waals surface area (Å²) >= 11 is 3.07. The molecule has 0 aliphatic rings. The van der Waals surface area contributed by atoms with E-state index in [9.17, 15) is 9.59 Å². The third-order valence-electron chi connectivity index (χ3n) is 1.80. The highest BCUT2D eigenvalue weighted by atomic mass is 79.9. The highest BCUT2D eigenvalue weighted by molar-refractivity contribution is 9.10. The number of aliphatic hydroxyl groups excluding tert-OH is 1. The lowest BCUT2D eigenvalue weighted by Gasteiger charge is -2.07. The number of carbonyl (C=O) groups is 2. The summed E-state index contributed by atoms with van der Waals surface area (Å²) in [4.78, 5) is 22.7. The molecule has 17 heavy (non-hydrogen) atoms. The van der Waals surface area contributed by atoms with Crippen molar-refractivity contribution in [2.75, 3.05) is 13.1 Å². The SMILES string of the molecule is C[C@@H](O)CNC(=O)CNC(=O)c1ccc(Br)o1. The van der Waals surface area contributed by atoms with Crippen molar-refractivity contribution < 1.29 is 19.1 Å². The van der Waals surface area contributed by atoms with Gasteiger partial charge in [-0.05, 0) is 35.0 Å². The molecule has 0 aliphatic heterocycles. The minimum atomic E-state index is -0.615. The van der Waals surface area contributed by atoms with Gasteiger partial charge in [-0.3, -0.25) is 9.59 Å². The first-order chi connectivity index (χ1) is 7.99. The van der Waals surface area contributed by atoms with Crippen LogP contribution in [0.3, 0.4) is 0 Å². The van der Waals surface area contributed by atoms with Gasteiger partial charge in [0.2, 0.25) is 5.91 Å². The molecule has 3 N–H and O–H groups in total. The zero-order valence-corrected chi connectivity index (χ0v) is 10.8. The van der Waals surface area contributed by atoms with Crippen molar-refractivity contribution in [3.8, 4) is 0 Å². The van der Waals surface area contributed by atoms with Crippen LogP contribution in [0.15, 0.2) is 21.2 Å². The minimum Gasteiger partial charge on any atom is -0.444 e. The van der Waals surface area contributed by atoms with Crippen molar-refractivity contribution in [2.24, 2.45) is 0 Å². The largest absolute Gasteiger partial charge is 0.444 e. The van der Waals surface area contributed by atoms with E-state index in [0.717, 1.165) is 0 Å². The number of nitrogens with one attached hydrogen (secondary N) is 2. The predicted molar refractivity (Wildman–Crippen MR) is 63.4 cm³/mol. The van der Waals surface area contributed by atoms with Crippen molar-refractivity contribution in [3.05, 3.63) is 22.6 Å². The summed E-state index contributed by atoms with van der Waals surface area (Å²) in [5.41, 5.74) is 0. The van der Waals surface area contributed by atoms with Gasteiger partial charge in [0, 0.05) is 6.54 Å². The topological polar surface area (TPSA) is 91.6 Å². The quantitative estimate of drug-likeness (QED) is 0.728. The molecule has 0 aromatic carbocycles. The smallest absolute Gasteiger partial charge is 0.287 e. The van der Waals surface area contributed by atoms with E-state index in [-0.39, 0.29) is 24.8 Å². The lowest BCUT2D eigenvalue weighted by molar-refractivity contribution is -0.120. The maximum absolute atomic E-state index is 11.4. The summed E-state index contributed by atoms with van der Waals surface area (Å²) in [5, 5.41) is 13.8. The number of hydrogen-bond donors (Lipinski definition) is 3. The second-order valence-corrected chi connectivity index (χ2v) is 4.22. The summed E-state index contributed by atoms with van der Waals surface area (Å²) in [6.07, 6.45) is -0.615. The molecule has 0 radical (unpaired) electrons. The lowest BCUT2D eigenvalue weighted by Crippen LogP contribution is -2.39. The van der Waals surface area contributed by atoms with Gasteiger partial charge in [0.25, 0.3) is 5.91 Å². The Kier molecular flexibility index (Phi) is 5.17. The van der Waals surface area contributed by atoms with Crippen LogP contribution in [0.2, 0.25) is 0 Å². The molecule has 0 fully saturated rings. The Morgan fingerprint density at radius 3 is 2.71 bits per heavy atom. The summed E-state index contributed by atoms with van der Waals surface area (Å²) in [6.45, 7) is 1.55. The van der Waals surface area contributed by atoms with Crippen LogP contribution in [0.1, 0.15) is 17.5 Å².